The van der Waals surface area contributed by atoms with E-state index in [0.29, 0.717) is 23.8 Å². The van der Waals surface area contributed by atoms with Gasteiger partial charge in [0, 0.05) is 6.20 Å². The number of nitrogens with zero attached hydrogens (tertiary/aromatic N) is 2. The van der Waals surface area contributed by atoms with Gasteiger partial charge < -0.3 is 5.32 Å². The first kappa shape index (κ1) is 14.3. The van der Waals surface area contributed by atoms with E-state index in [9.17, 15) is 9.18 Å². The Bertz CT molecular complexity index is 624. The van der Waals surface area contributed by atoms with Crippen LogP contribution in [0.2, 0.25) is 0 Å². The lowest BCUT2D eigenvalue weighted by Gasteiger charge is -2.09. The van der Waals surface area contributed by atoms with Crippen molar-refractivity contribution in [2.45, 2.75) is 20.3 Å². The third kappa shape index (κ3) is 3.05. The van der Waals surface area contributed by atoms with E-state index < -0.39 is 5.91 Å². The molecule has 0 spiro atoms. The SMILES string of the molecule is CC(C)Cc1nc2ccc(F)cn2c1NCC(=O)NO. The van der Waals surface area contributed by atoms with Crippen LogP contribution in [0, 0.1) is 11.7 Å². The van der Waals surface area contributed by atoms with E-state index in [4.69, 9.17) is 5.21 Å². The largest absolute Gasteiger partial charge is 0.360 e. The predicted molar refractivity (Wildman–Crippen MR) is 72.1 cm³/mol. The number of amides is 1. The molecule has 0 unspecified atom stereocenters. The lowest BCUT2D eigenvalue weighted by Crippen LogP contribution is -2.27. The quantitative estimate of drug-likeness (QED) is 0.574. The molecule has 0 aliphatic carbocycles. The van der Waals surface area contributed by atoms with Gasteiger partial charge in [0.1, 0.15) is 17.3 Å². The minimum Gasteiger partial charge on any atom is -0.360 e. The average molecular weight is 280 g/mol. The van der Waals surface area contributed by atoms with E-state index in [1.54, 1.807) is 15.9 Å². The van der Waals surface area contributed by atoms with Crippen LogP contribution in [0.15, 0.2) is 18.3 Å². The first-order chi connectivity index (χ1) is 9.51. The third-order valence-electron chi connectivity index (χ3n) is 2.80. The Hall–Kier alpha value is -2.15. The molecule has 2 aromatic rings. The zero-order valence-electron chi connectivity index (χ0n) is 11.4. The van der Waals surface area contributed by atoms with Crippen LogP contribution in [-0.4, -0.2) is 27.0 Å². The topological polar surface area (TPSA) is 78.7 Å². The number of rotatable bonds is 5. The Balaban J connectivity index is 2.40. The maximum atomic E-state index is 13.4. The number of pyridine rings is 1. The van der Waals surface area contributed by atoms with E-state index in [1.807, 2.05) is 0 Å². The van der Waals surface area contributed by atoms with Gasteiger partial charge in [-0.3, -0.25) is 14.4 Å². The molecule has 0 radical (unpaired) electrons. The highest BCUT2D eigenvalue weighted by Crippen LogP contribution is 2.21. The smallest absolute Gasteiger partial charge is 0.262 e. The van der Waals surface area contributed by atoms with Gasteiger partial charge in [-0.2, -0.15) is 0 Å². The van der Waals surface area contributed by atoms with Crippen LogP contribution >= 0.6 is 0 Å². The van der Waals surface area contributed by atoms with Gasteiger partial charge in [0.15, 0.2) is 0 Å². The van der Waals surface area contributed by atoms with E-state index in [1.165, 1.54) is 12.3 Å². The van der Waals surface area contributed by atoms with E-state index in [0.717, 1.165) is 5.69 Å². The third-order valence-corrected chi connectivity index (χ3v) is 2.80. The van der Waals surface area contributed by atoms with E-state index in [-0.39, 0.29) is 12.4 Å². The fourth-order valence-corrected chi connectivity index (χ4v) is 1.99. The zero-order valence-corrected chi connectivity index (χ0v) is 11.4. The van der Waals surface area contributed by atoms with Crippen LogP contribution in [0.4, 0.5) is 10.2 Å². The molecular formula is C13H17FN4O2. The molecule has 2 aromatic heterocycles. The molecule has 7 heteroatoms. The highest BCUT2D eigenvalue weighted by molar-refractivity contribution is 5.79. The van der Waals surface area contributed by atoms with Crippen molar-refractivity contribution < 1.29 is 14.4 Å². The second kappa shape index (κ2) is 5.87. The highest BCUT2D eigenvalue weighted by Gasteiger charge is 2.14. The molecule has 20 heavy (non-hydrogen) atoms. The monoisotopic (exact) mass is 280 g/mol. The van der Waals surface area contributed by atoms with Gasteiger partial charge in [0.05, 0.1) is 12.2 Å². The number of hydrogen-bond acceptors (Lipinski definition) is 4. The predicted octanol–water partition coefficient (Wildman–Crippen LogP) is 1.59. The number of fused-ring (bicyclic) bond motifs is 1. The second-order valence-electron chi connectivity index (χ2n) is 4.97. The summed E-state index contributed by atoms with van der Waals surface area (Å²) >= 11 is 0. The van der Waals surface area contributed by atoms with Crippen molar-refractivity contribution in [3.63, 3.8) is 0 Å². The molecule has 1 amide bonds. The summed E-state index contributed by atoms with van der Waals surface area (Å²) in [5, 5.41) is 11.4. The van der Waals surface area contributed by atoms with Crippen LogP contribution in [0.25, 0.3) is 5.65 Å². The molecule has 0 bridgehead atoms. The molecule has 0 saturated carbocycles. The summed E-state index contributed by atoms with van der Waals surface area (Å²) in [4.78, 5) is 15.6. The summed E-state index contributed by atoms with van der Waals surface area (Å²) < 4.78 is 14.9. The number of carbonyl (C=O) groups is 1. The van der Waals surface area contributed by atoms with Crippen LogP contribution < -0.4 is 10.8 Å². The number of aromatic nitrogens is 2. The van der Waals surface area contributed by atoms with Gasteiger partial charge in [-0.25, -0.2) is 14.9 Å². The Morgan fingerprint density at radius 2 is 2.25 bits per heavy atom. The van der Waals surface area contributed by atoms with Gasteiger partial charge in [0.2, 0.25) is 0 Å². The minimum absolute atomic E-state index is 0.119. The Kier molecular flexibility index (Phi) is 4.19. The first-order valence-electron chi connectivity index (χ1n) is 6.34. The lowest BCUT2D eigenvalue weighted by molar-refractivity contribution is -0.127. The Labute approximate surface area is 115 Å². The fraction of sp³-hybridized carbons (Fsp3) is 0.385. The van der Waals surface area contributed by atoms with Gasteiger partial charge in [-0.1, -0.05) is 13.8 Å². The number of halogens is 1. The van der Waals surface area contributed by atoms with Crippen LogP contribution in [0.3, 0.4) is 0 Å². The molecule has 6 nitrogen and oxygen atoms in total. The molecule has 0 atom stereocenters. The van der Waals surface area contributed by atoms with Crippen molar-refractivity contribution in [3.8, 4) is 0 Å². The lowest BCUT2D eigenvalue weighted by atomic mass is 10.1. The molecule has 0 saturated heterocycles. The summed E-state index contributed by atoms with van der Waals surface area (Å²) in [5.41, 5.74) is 2.91. The van der Waals surface area contributed by atoms with Crippen molar-refractivity contribution in [1.29, 1.82) is 0 Å². The van der Waals surface area contributed by atoms with Gasteiger partial charge in [0.25, 0.3) is 5.91 Å². The average Bonchev–Trinajstić information content (AvgIpc) is 2.72. The minimum atomic E-state index is -0.577. The fourth-order valence-electron chi connectivity index (χ4n) is 1.99. The summed E-state index contributed by atoms with van der Waals surface area (Å²) in [7, 11) is 0. The Morgan fingerprint density at radius 3 is 2.90 bits per heavy atom. The number of anilines is 1. The molecule has 2 heterocycles. The first-order valence-corrected chi connectivity index (χ1v) is 6.34. The second-order valence-corrected chi connectivity index (χ2v) is 4.97. The highest BCUT2D eigenvalue weighted by atomic mass is 19.1. The van der Waals surface area contributed by atoms with Crippen molar-refractivity contribution in [1.82, 2.24) is 14.9 Å². The maximum absolute atomic E-state index is 13.4. The zero-order chi connectivity index (χ0) is 14.7. The van der Waals surface area contributed by atoms with E-state index >= 15 is 0 Å². The van der Waals surface area contributed by atoms with Crippen LogP contribution in [-0.2, 0) is 11.2 Å². The van der Waals surface area contributed by atoms with Crippen molar-refractivity contribution in [2.24, 2.45) is 5.92 Å². The van der Waals surface area contributed by atoms with Gasteiger partial charge in [-0.05, 0) is 24.5 Å². The maximum Gasteiger partial charge on any atom is 0.262 e. The molecule has 2 rings (SSSR count). The van der Waals surface area contributed by atoms with Gasteiger partial charge >= 0.3 is 0 Å². The van der Waals surface area contributed by atoms with E-state index in [2.05, 4.69) is 24.1 Å². The van der Waals surface area contributed by atoms with Gasteiger partial charge in [-0.15, -0.1) is 0 Å². The molecule has 0 aliphatic rings. The van der Waals surface area contributed by atoms with Crippen LogP contribution in [0.5, 0.6) is 0 Å². The van der Waals surface area contributed by atoms with Crippen molar-refractivity contribution in [2.75, 3.05) is 11.9 Å². The Morgan fingerprint density at radius 1 is 1.50 bits per heavy atom. The summed E-state index contributed by atoms with van der Waals surface area (Å²) in [5.74, 6) is -0.0266. The normalized spacial score (nSPS) is 11.1. The molecule has 0 aliphatic heterocycles. The molecule has 3 N–H and O–H groups in total. The summed E-state index contributed by atoms with van der Waals surface area (Å²) in [6.07, 6.45) is 2.01. The number of nitrogens with one attached hydrogen (secondary N) is 2. The number of carbonyl (C=O) groups excluding carboxylic acids is 1. The van der Waals surface area contributed by atoms with Crippen LogP contribution in [0.1, 0.15) is 19.5 Å². The number of hydrogen-bond donors (Lipinski definition) is 3. The standard InChI is InChI=1S/C13H17FN4O2/c1-8(2)5-10-13(15-6-12(19)17-20)18-7-9(14)3-4-11(18)16-10/h3-4,7-8,15,20H,5-6H2,1-2H3,(H,17,19). The molecule has 0 fully saturated rings. The molecular weight excluding hydrogens is 263 g/mol. The number of hydroxylamine groups is 1. The van der Waals surface area contributed by atoms with Crippen molar-refractivity contribution in [3.05, 3.63) is 29.8 Å². The number of imidazole rings is 1. The summed E-state index contributed by atoms with van der Waals surface area (Å²) in [6.45, 7) is 3.98. The molecule has 108 valence electrons. The van der Waals surface area contributed by atoms with Crippen molar-refractivity contribution >= 4 is 17.4 Å². The molecule has 0 aromatic carbocycles. The summed E-state index contributed by atoms with van der Waals surface area (Å²) in [6, 6.07) is 2.92.